The van der Waals surface area contributed by atoms with Crippen molar-refractivity contribution in [3.63, 3.8) is 0 Å². The minimum Gasteiger partial charge on any atom is -0.448 e. The molecule has 0 aliphatic heterocycles. The van der Waals surface area contributed by atoms with E-state index in [0.29, 0.717) is 22.0 Å². The van der Waals surface area contributed by atoms with E-state index in [-0.39, 0.29) is 0 Å². The standard InChI is InChI=1S/C21H22N2O3S/c1-3-14-8-9-18-16(10-14)11-19(27-18)21(25)26-13(2)20(24)23-17-7-5-4-6-15(17)12-22/h4-7,11,13-14H,3,8-10H2,1-2H3,(H,23,24)/t13-,14+/m1/s1. The number of hydrogen-bond donors (Lipinski definition) is 1. The number of nitriles is 1. The lowest BCUT2D eigenvalue weighted by Gasteiger charge is -2.19. The van der Waals surface area contributed by atoms with Crippen molar-refractivity contribution in [2.45, 2.75) is 45.6 Å². The molecule has 0 spiro atoms. The molecule has 27 heavy (non-hydrogen) atoms. The van der Waals surface area contributed by atoms with Crippen molar-refractivity contribution in [3.8, 4) is 6.07 Å². The van der Waals surface area contributed by atoms with Crippen LogP contribution in [0.3, 0.4) is 0 Å². The zero-order valence-corrected chi connectivity index (χ0v) is 16.3. The number of amides is 1. The van der Waals surface area contributed by atoms with Crippen LogP contribution < -0.4 is 5.32 Å². The SMILES string of the molecule is CC[C@H]1CCc2sc(C(=O)O[C@H](C)C(=O)Nc3ccccc3C#N)cc2C1. The molecule has 1 aromatic heterocycles. The van der Waals surface area contributed by atoms with Crippen LogP contribution >= 0.6 is 11.3 Å². The molecule has 1 amide bonds. The van der Waals surface area contributed by atoms with Gasteiger partial charge in [-0.1, -0.05) is 25.5 Å². The maximum Gasteiger partial charge on any atom is 0.349 e. The Morgan fingerprint density at radius 1 is 1.41 bits per heavy atom. The maximum absolute atomic E-state index is 12.5. The molecule has 1 aliphatic carbocycles. The monoisotopic (exact) mass is 382 g/mol. The zero-order valence-electron chi connectivity index (χ0n) is 15.5. The first-order chi connectivity index (χ1) is 13.0. The molecular weight excluding hydrogens is 360 g/mol. The van der Waals surface area contributed by atoms with Crippen LogP contribution in [0.15, 0.2) is 30.3 Å². The minimum atomic E-state index is -0.952. The van der Waals surface area contributed by atoms with Crippen LogP contribution in [0.25, 0.3) is 0 Å². The van der Waals surface area contributed by atoms with Gasteiger partial charge in [0, 0.05) is 4.88 Å². The number of nitrogens with one attached hydrogen (secondary N) is 1. The molecule has 2 atom stereocenters. The second-order valence-corrected chi connectivity index (χ2v) is 7.91. The van der Waals surface area contributed by atoms with Gasteiger partial charge in [0.25, 0.3) is 5.91 Å². The van der Waals surface area contributed by atoms with E-state index in [1.54, 1.807) is 24.3 Å². The highest BCUT2D eigenvalue weighted by Gasteiger charge is 2.25. The van der Waals surface area contributed by atoms with Crippen molar-refractivity contribution < 1.29 is 14.3 Å². The number of hydrogen-bond acceptors (Lipinski definition) is 5. The molecule has 140 valence electrons. The number of carbonyl (C=O) groups is 2. The van der Waals surface area contributed by atoms with Gasteiger partial charge in [0.15, 0.2) is 6.10 Å². The van der Waals surface area contributed by atoms with Crippen LogP contribution in [-0.4, -0.2) is 18.0 Å². The van der Waals surface area contributed by atoms with Crippen LogP contribution in [0, 0.1) is 17.2 Å². The lowest BCUT2D eigenvalue weighted by atomic mass is 9.87. The van der Waals surface area contributed by atoms with E-state index in [1.807, 2.05) is 12.1 Å². The Kier molecular flexibility index (Phi) is 5.92. The van der Waals surface area contributed by atoms with Gasteiger partial charge in [0.1, 0.15) is 10.9 Å². The summed E-state index contributed by atoms with van der Waals surface area (Å²) in [6, 6.07) is 10.6. The topological polar surface area (TPSA) is 79.2 Å². The van der Waals surface area contributed by atoms with E-state index >= 15 is 0 Å². The highest BCUT2D eigenvalue weighted by atomic mass is 32.1. The molecule has 1 heterocycles. The van der Waals surface area contributed by atoms with Crippen molar-refractivity contribution in [2.24, 2.45) is 5.92 Å². The van der Waals surface area contributed by atoms with E-state index < -0.39 is 18.0 Å². The van der Waals surface area contributed by atoms with E-state index in [4.69, 9.17) is 10.00 Å². The van der Waals surface area contributed by atoms with Crippen molar-refractivity contribution >= 4 is 28.9 Å². The molecule has 0 unspecified atom stereocenters. The predicted octanol–water partition coefficient (Wildman–Crippen LogP) is 4.32. The third kappa shape index (κ3) is 4.37. The van der Waals surface area contributed by atoms with Gasteiger partial charge in [-0.2, -0.15) is 5.26 Å². The summed E-state index contributed by atoms with van der Waals surface area (Å²) in [7, 11) is 0. The van der Waals surface area contributed by atoms with Gasteiger partial charge >= 0.3 is 5.97 Å². The number of thiophene rings is 1. The molecule has 0 bridgehead atoms. The van der Waals surface area contributed by atoms with Crippen molar-refractivity contribution in [1.29, 1.82) is 5.26 Å². The van der Waals surface area contributed by atoms with Gasteiger partial charge in [0.05, 0.1) is 11.3 Å². The van der Waals surface area contributed by atoms with Crippen LogP contribution in [-0.2, 0) is 22.4 Å². The lowest BCUT2D eigenvalue weighted by molar-refractivity contribution is -0.123. The van der Waals surface area contributed by atoms with Gasteiger partial charge in [0.2, 0.25) is 0 Å². The Balaban J connectivity index is 1.63. The van der Waals surface area contributed by atoms with Crippen LogP contribution in [0.1, 0.15) is 52.4 Å². The summed E-state index contributed by atoms with van der Waals surface area (Å²) in [6.45, 7) is 3.73. The molecular formula is C21H22N2O3S. The second-order valence-electron chi connectivity index (χ2n) is 6.77. The average Bonchev–Trinajstić information content (AvgIpc) is 3.11. The molecule has 0 saturated heterocycles. The number of para-hydroxylation sites is 1. The number of fused-ring (bicyclic) bond motifs is 1. The van der Waals surface area contributed by atoms with Crippen LogP contribution in [0.5, 0.6) is 0 Å². The average molecular weight is 382 g/mol. The largest absolute Gasteiger partial charge is 0.448 e. The van der Waals surface area contributed by atoms with Gasteiger partial charge in [-0.05, 0) is 55.9 Å². The summed E-state index contributed by atoms with van der Waals surface area (Å²) in [5, 5.41) is 11.7. The number of rotatable bonds is 5. The van der Waals surface area contributed by atoms with E-state index in [9.17, 15) is 9.59 Å². The smallest absolute Gasteiger partial charge is 0.349 e. The minimum absolute atomic E-state index is 0.362. The Labute approximate surface area is 163 Å². The molecule has 0 saturated carbocycles. The molecule has 1 N–H and O–H groups in total. The fraction of sp³-hybridized carbons (Fsp3) is 0.381. The lowest BCUT2D eigenvalue weighted by Crippen LogP contribution is -2.30. The number of benzene rings is 1. The molecule has 3 rings (SSSR count). The zero-order chi connectivity index (χ0) is 19.4. The summed E-state index contributed by atoms with van der Waals surface area (Å²) >= 11 is 1.47. The highest BCUT2D eigenvalue weighted by Crippen LogP contribution is 2.34. The summed E-state index contributed by atoms with van der Waals surface area (Å²) in [5.41, 5.74) is 2.01. The van der Waals surface area contributed by atoms with Gasteiger partial charge < -0.3 is 10.1 Å². The summed E-state index contributed by atoms with van der Waals surface area (Å²) in [4.78, 5) is 26.6. The predicted molar refractivity (Wildman–Crippen MR) is 105 cm³/mol. The number of ether oxygens (including phenoxy) is 1. The fourth-order valence-corrected chi connectivity index (χ4v) is 4.34. The molecule has 2 aromatic rings. The molecule has 1 aliphatic rings. The van der Waals surface area contributed by atoms with Crippen molar-refractivity contribution in [1.82, 2.24) is 0 Å². The maximum atomic E-state index is 12.5. The Morgan fingerprint density at radius 3 is 2.93 bits per heavy atom. The van der Waals surface area contributed by atoms with Crippen LogP contribution in [0.4, 0.5) is 5.69 Å². The third-order valence-electron chi connectivity index (χ3n) is 4.92. The first-order valence-electron chi connectivity index (χ1n) is 9.14. The van der Waals surface area contributed by atoms with Crippen molar-refractivity contribution in [3.05, 3.63) is 51.2 Å². The highest BCUT2D eigenvalue weighted by molar-refractivity contribution is 7.14. The number of carbonyl (C=O) groups excluding carboxylic acids is 2. The number of esters is 1. The first kappa shape index (κ1) is 19.1. The van der Waals surface area contributed by atoms with E-state index in [2.05, 4.69) is 12.2 Å². The summed E-state index contributed by atoms with van der Waals surface area (Å²) in [6.07, 6.45) is 3.38. The third-order valence-corrected chi connectivity index (χ3v) is 6.14. The quantitative estimate of drug-likeness (QED) is 0.781. The Hall–Kier alpha value is -2.65. The fourth-order valence-electron chi connectivity index (χ4n) is 3.24. The van der Waals surface area contributed by atoms with Crippen molar-refractivity contribution in [2.75, 3.05) is 5.32 Å². The second kappa shape index (κ2) is 8.36. The molecule has 1 aromatic carbocycles. The summed E-state index contributed by atoms with van der Waals surface area (Å²) in [5.74, 6) is -0.252. The number of aryl methyl sites for hydroxylation is 1. The van der Waals surface area contributed by atoms with Gasteiger partial charge in [-0.3, -0.25) is 4.79 Å². The van der Waals surface area contributed by atoms with Crippen LogP contribution in [0.2, 0.25) is 0 Å². The number of nitrogens with zero attached hydrogens (tertiary/aromatic N) is 1. The Bertz CT molecular complexity index is 897. The van der Waals surface area contributed by atoms with Gasteiger partial charge in [-0.25, -0.2) is 4.79 Å². The van der Waals surface area contributed by atoms with E-state index in [1.165, 1.54) is 28.7 Å². The van der Waals surface area contributed by atoms with E-state index in [0.717, 1.165) is 25.7 Å². The molecule has 0 radical (unpaired) electrons. The normalized spacial score (nSPS) is 16.7. The number of anilines is 1. The molecule has 6 heteroatoms. The first-order valence-corrected chi connectivity index (χ1v) is 9.96. The Morgan fingerprint density at radius 2 is 2.19 bits per heavy atom. The molecule has 0 fully saturated rings. The molecule has 5 nitrogen and oxygen atoms in total. The van der Waals surface area contributed by atoms with Gasteiger partial charge in [-0.15, -0.1) is 11.3 Å². The summed E-state index contributed by atoms with van der Waals surface area (Å²) < 4.78 is 5.35.